The predicted molar refractivity (Wildman–Crippen MR) is 93.8 cm³/mol. The van der Waals surface area contributed by atoms with Crippen molar-refractivity contribution >= 4 is 17.2 Å². The molecular formula is C17H19N5OS. The minimum absolute atomic E-state index is 0.0147. The number of benzene rings is 1. The minimum Gasteiger partial charge on any atom is -0.337 e. The van der Waals surface area contributed by atoms with Gasteiger partial charge in [-0.2, -0.15) is 5.10 Å². The molecule has 0 saturated carbocycles. The topological polar surface area (TPSA) is 74.8 Å². The van der Waals surface area contributed by atoms with Crippen LogP contribution >= 0.6 is 11.3 Å². The largest absolute Gasteiger partial charge is 0.337 e. The third-order valence-corrected chi connectivity index (χ3v) is 4.76. The quantitative estimate of drug-likeness (QED) is 0.774. The Balaban J connectivity index is 1.69. The van der Waals surface area contributed by atoms with Crippen LogP contribution in [0.4, 0.5) is 0 Å². The lowest BCUT2D eigenvalue weighted by molar-refractivity contribution is 0.0786. The van der Waals surface area contributed by atoms with Crippen LogP contribution in [0.2, 0.25) is 0 Å². The van der Waals surface area contributed by atoms with E-state index in [1.165, 1.54) is 0 Å². The number of hydrogen-bond acceptors (Lipinski definition) is 5. The van der Waals surface area contributed by atoms with Crippen LogP contribution in [0.1, 0.15) is 33.0 Å². The second-order valence-electron chi connectivity index (χ2n) is 5.56. The molecule has 3 rings (SSSR count). The molecule has 124 valence electrons. The summed E-state index contributed by atoms with van der Waals surface area (Å²) in [5.74, 6) is 1.39. The van der Waals surface area contributed by atoms with E-state index in [4.69, 9.17) is 0 Å². The van der Waals surface area contributed by atoms with E-state index in [1.807, 2.05) is 37.4 Å². The second kappa shape index (κ2) is 6.92. The molecular weight excluding hydrogens is 322 g/mol. The van der Waals surface area contributed by atoms with Crippen LogP contribution in [0.25, 0.3) is 11.4 Å². The molecule has 0 saturated heterocycles. The molecule has 6 nitrogen and oxygen atoms in total. The lowest BCUT2D eigenvalue weighted by Crippen LogP contribution is -2.25. The van der Waals surface area contributed by atoms with Crippen LogP contribution in [-0.2, 0) is 13.0 Å². The van der Waals surface area contributed by atoms with Crippen LogP contribution in [0.3, 0.4) is 0 Å². The molecule has 0 unspecified atom stereocenters. The number of H-pyrrole nitrogens is 1. The van der Waals surface area contributed by atoms with E-state index < -0.39 is 0 Å². The summed E-state index contributed by atoms with van der Waals surface area (Å²) in [5.41, 5.74) is 1.53. The van der Waals surface area contributed by atoms with Crippen molar-refractivity contribution in [1.82, 2.24) is 25.1 Å². The molecule has 0 radical (unpaired) electrons. The number of carbonyl (C=O) groups excluding carboxylic acids is 1. The second-order valence-corrected chi connectivity index (χ2v) is 6.76. The highest BCUT2D eigenvalue weighted by Crippen LogP contribution is 2.18. The lowest BCUT2D eigenvalue weighted by atomic mass is 10.1. The number of aromatic nitrogens is 4. The Morgan fingerprint density at radius 3 is 2.62 bits per heavy atom. The molecule has 1 aromatic carbocycles. The zero-order valence-corrected chi connectivity index (χ0v) is 14.7. The molecule has 2 heterocycles. The van der Waals surface area contributed by atoms with Crippen LogP contribution in [-0.4, -0.2) is 38.0 Å². The van der Waals surface area contributed by atoms with Crippen molar-refractivity contribution in [1.29, 1.82) is 0 Å². The fraction of sp³-hybridized carbons (Fsp3) is 0.294. The van der Waals surface area contributed by atoms with Gasteiger partial charge in [0.2, 0.25) is 0 Å². The molecule has 24 heavy (non-hydrogen) atoms. The molecule has 0 spiro atoms. The SMILES string of the molecule is CCc1ncc(CN(C)C(=O)c2ccc(-c3n[nH]c(C)n3)cc2)s1. The van der Waals surface area contributed by atoms with Gasteiger partial charge in [-0.25, -0.2) is 9.97 Å². The fourth-order valence-electron chi connectivity index (χ4n) is 2.34. The first-order chi connectivity index (χ1) is 11.6. The molecule has 0 aliphatic carbocycles. The fourth-order valence-corrected chi connectivity index (χ4v) is 3.26. The Hall–Kier alpha value is -2.54. The number of carbonyl (C=O) groups is 1. The number of nitrogens with one attached hydrogen (secondary N) is 1. The third-order valence-electron chi connectivity index (χ3n) is 3.63. The molecule has 0 aliphatic rings. The Kier molecular flexibility index (Phi) is 4.71. The summed E-state index contributed by atoms with van der Waals surface area (Å²) >= 11 is 1.65. The maximum absolute atomic E-state index is 12.6. The number of rotatable bonds is 5. The lowest BCUT2D eigenvalue weighted by Gasteiger charge is -2.16. The number of aryl methyl sites for hydroxylation is 2. The van der Waals surface area contributed by atoms with E-state index in [0.29, 0.717) is 17.9 Å². The van der Waals surface area contributed by atoms with Gasteiger partial charge in [0.25, 0.3) is 5.91 Å². The molecule has 1 amide bonds. The monoisotopic (exact) mass is 341 g/mol. The average molecular weight is 341 g/mol. The van der Waals surface area contributed by atoms with Gasteiger partial charge in [0, 0.05) is 29.2 Å². The highest BCUT2D eigenvalue weighted by molar-refractivity contribution is 7.11. The van der Waals surface area contributed by atoms with Crippen molar-refractivity contribution in [2.75, 3.05) is 7.05 Å². The van der Waals surface area contributed by atoms with E-state index in [1.54, 1.807) is 23.3 Å². The number of aromatic amines is 1. The van der Waals surface area contributed by atoms with E-state index in [-0.39, 0.29) is 5.91 Å². The van der Waals surface area contributed by atoms with Crippen LogP contribution in [0.5, 0.6) is 0 Å². The van der Waals surface area contributed by atoms with Gasteiger partial charge >= 0.3 is 0 Å². The van der Waals surface area contributed by atoms with Gasteiger partial charge in [0.1, 0.15) is 5.82 Å². The number of nitrogens with zero attached hydrogens (tertiary/aromatic N) is 4. The number of amides is 1. The zero-order valence-electron chi connectivity index (χ0n) is 13.9. The molecule has 2 aromatic heterocycles. The van der Waals surface area contributed by atoms with Gasteiger partial charge in [-0.1, -0.05) is 19.1 Å². The molecule has 1 N–H and O–H groups in total. The first-order valence-electron chi connectivity index (χ1n) is 7.75. The predicted octanol–water partition coefficient (Wildman–Crippen LogP) is 3.07. The summed E-state index contributed by atoms with van der Waals surface area (Å²) in [6.45, 7) is 4.50. The van der Waals surface area contributed by atoms with Gasteiger partial charge in [0.15, 0.2) is 5.82 Å². The van der Waals surface area contributed by atoms with Gasteiger partial charge in [0.05, 0.1) is 11.6 Å². The van der Waals surface area contributed by atoms with Crippen molar-refractivity contribution < 1.29 is 4.79 Å². The summed E-state index contributed by atoms with van der Waals surface area (Å²) in [7, 11) is 1.81. The molecule has 7 heteroatoms. The smallest absolute Gasteiger partial charge is 0.253 e. The summed E-state index contributed by atoms with van der Waals surface area (Å²) in [6.07, 6.45) is 2.77. The Bertz CT molecular complexity index is 837. The first-order valence-corrected chi connectivity index (χ1v) is 8.57. The van der Waals surface area contributed by atoms with Crippen molar-refractivity contribution in [3.8, 4) is 11.4 Å². The highest BCUT2D eigenvalue weighted by Gasteiger charge is 2.14. The Morgan fingerprint density at radius 1 is 1.29 bits per heavy atom. The standard InChI is InChI=1S/C17H19N5OS/c1-4-15-18-9-14(24-15)10-22(3)17(23)13-7-5-12(6-8-13)16-19-11(2)20-21-16/h5-9H,4,10H2,1-3H3,(H,19,20,21). The van der Waals surface area contributed by atoms with Crippen molar-refractivity contribution in [3.05, 3.63) is 51.7 Å². The third kappa shape index (κ3) is 3.51. The van der Waals surface area contributed by atoms with Gasteiger partial charge in [-0.15, -0.1) is 11.3 Å². The molecule has 0 fully saturated rings. The van der Waals surface area contributed by atoms with E-state index in [2.05, 4.69) is 27.1 Å². The first kappa shape index (κ1) is 16.3. The maximum atomic E-state index is 12.6. The van der Waals surface area contributed by atoms with E-state index >= 15 is 0 Å². The minimum atomic E-state index is -0.0147. The van der Waals surface area contributed by atoms with Crippen LogP contribution in [0, 0.1) is 6.92 Å². The average Bonchev–Trinajstić information content (AvgIpc) is 3.23. The molecule has 0 aliphatic heterocycles. The maximum Gasteiger partial charge on any atom is 0.253 e. The molecule has 0 bridgehead atoms. The highest BCUT2D eigenvalue weighted by atomic mass is 32.1. The van der Waals surface area contributed by atoms with E-state index in [9.17, 15) is 4.79 Å². The zero-order chi connectivity index (χ0) is 17.1. The molecule has 3 aromatic rings. The summed E-state index contributed by atoms with van der Waals surface area (Å²) in [6, 6.07) is 7.35. The van der Waals surface area contributed by atoms with Gasteiger partial charge in [-0.05, 0) is 25.5 Å². The number of hydrogen-bond donors (Lipinski definition) is 1. The molecule has 0 atom stereocenters. The van der Waals surface area contributed by atoms with E-state index in [0.717, 1.165) is 27.7 Å². The normalized spacial score (nSPS) is 10.8. The summed E-state index contributed by atoms with van der Waals surface area (Å²) in [5, 5.41) is 8.04. The van der Waals surface area contributed by atoms with Crippen molar-refractivity contribution in [2.24, 2.45) is 0 Å². The van der Waals surface area contributed by atoms with Crippen LogP contribution < -0.4 is 0 Å². The van der Waals surface area contributed by atoms with Gasteiger partial charge in [-0.3, -0.25) is 9.89 Å². The summed E-state index contributed by atoms with van der Waals surface area (Å²) in [4.78, 5) is 24.0. The summed E-state index contributed by atoms with van der Waals surface area (Å²) < 4.78 is 0. The number of thiazole rings is 1. The Labute approximate surface area is 144 Å². The van der Waals surface area contributed by atoms with Crippen molar-refractivity contribution in [2.45, 2.75) is 26.8 Å². The Morgan fingerprint density at radius 2 is 2.04 bits per heavy atom. The van der Waals surface area contributed by atoms with Crippen molar-refractivity contribution in [3.63, 3.8) is 0 Å². The van der Waals surface area contributed by atoms with Crippen LogP contribution in [0.15, 0.2) is 30.5 Å². The van der Waals surface area contributed by atoms with Gasteiger partial charge < -0.3 is 4.90 Å².